The number of carbonyl (C=O) groups is 1. The van der Waals surface area contributed by atoms with Crippen molar-refractivity contribution in [2.45, 2.75) is 6.18 Å². The first-order chi connectivity index (χ1) is 8.41. The number of thiazole rings is 1. The van der Waals surface area contributed by atoms with Crippen molar-refractivity contribution in [1.29, 1.82) is 0 Å². The zero-order chi connectivity index (χ0) is 13.3. The summed E-state index contributed by atoms with van der Waals surface area (Å²) < 4.78 is 37.8. The fourth-order valence-electron chi connectivity index (χ4n) is 1.33. The van der Waals surface area contributed by atoms with Crippen molar-refractivity contribution in [3.8, 4) is 10.6 Å². The van der Waals surface area contributed by atoms with E-state index in [4.69, 9.17) is 11.6 Å². The Morgan fingerprint density at radius 2 is 1.83 bits per heavy atom. The van der Waals surface area contributed by atoms with E-state index in [1.165, 1.54) is 0 Å². The third kappa shape index (κ3) is 2.54. The molecule has 1 aromatic heterocycles. The van der Waals surface area contributed by atoms with Gasteiger partial charge < -0.3 is 0 Å². The van der Waals surface area contributed by atoms with Gasteiger partial charge in [0.2, 0.25) is 0 Å². The maximum absolute atomic E-state index is 12.6. The van der Waals surface area contributed by atoms with Crippen LogP contribution in [0.4, 0.5) is 13.2 Å². The van der Waals surface area contributed by atoms with Crippen molar-refractivity contribution >= 4 is 29.2 Å². The number of nitrogens with zero attached hydrogens (tertiary/aromatic N) is 1. The molecule has 0 unspecified atom stereocenters. The fraction of sp³-hybridized carbons (Fsp3) is 0.0909. The van der Waals surface area contributed by atoms with E-state index in [-0.39, 0.29) is 11.3 Å². The van der Waals surface area contributed by atoms with Gasteiger partial charge in [-0.05, 0) is 12.1 Å². The van der Waals surface area contributed by atoms with Crippen molar-refractivity contribution in [3.05, 3.63) is 39.9 Å². The van der Waals surface area contributed by atoms with Gasteiger partial charge in [-0.2, -0.15) is 13.2 Å². The highest BCUT2D eigenvalue weighted by molar-refractivity contribution is 7.16. The summed E-state index contributed by atoms with van der Waals surface area (Å²) >= 11 is 6.39. The van der Waals surface area contributed by atoms with Gasteiger partial charge in [0.15, 0.2) is 12.0 Å². The Labute approximate surface area is 109 Å². The minimum atomic E-state index is -4.63. The third-order valence-electron chi connectivity index (χ3n) is 2.12. The molecule has 0 aliphatic carbocycles. The van der Waals surface area contributed by atoms with Crippen LogP contribution in [0, 0.1) is 0 Å². The van der Waals surface area contributed by atoms with E-state index in [0.717, 1.165) is 0 Å². The Bertz CT molecular complexity index is 577. The lowest BCUT2D eigenvalue weighted by molar-refractivity contribution is -0.140. The summed E-state index contributed by atoms with van der Waals surface area (Å²) in [6.07, 6.45) is -4.46. The summed E-state index contributed by atoms with van der Waals surface area (Å²) in [7, 11) is 0. The molecular weight excluding hydrogens is 287 g/mol. The van der Waals surface area contributed by atoms with E-state index < -0.39 is 16.7 Å². The molecule has 0 radical (unpaired) electrons. The lowest BCUT2D eigenvalue weighted by Gasteiger charge is -2.01. The van der Waals surface area contributed by atoms with Gasteiger partial charge in [0.25, 0.3) is 0 Å². The fourth-order valence-corrected chi connectivity index (χ4v) is 2.36. The molecular formula is C11H5ClF3NOS. The molecule has 0 fully saturated rings. The molecule has 0 amide bonds. The molecule has 2 rings (SSSR count). The maximum atomic E-state index is 12.6. The van der Waals surface area contributed by atoms with E-state index in [2.05, 4.69) is 4.98 Å². The van der Waals surface area contributed by atoms with Crippen molar-refractivity contribution in [3.63, 3.8) is 0 Å². The standard InChI is InChI=1S/C11H5ClF3NOS/c12-7-3-1-6(2-4-7)10-16-9(11(13,14)15)8(5-17)18-10/h1-5H. The van der Waals surface area contributed by atoms with Crippen molar-refractivity contribution in [1.82, 2.24) is 4.98 Å². The van der Waals surface area contributed by atoms with Crippen LogP contribution in [0.5, 0.6) is 0 Å². The highest BCUT2D eigenvalue weighted by Gasteiger charge is 2.37. The van der Waals surface area contributed by atoms with Gasteiger partial charge in [-0.1, -0.05) is 23.7 Å². The molecule has 1 heterocycles. The van der Waals surface area contributed by atoms with Gasteiger partial charge >= 0.3 is 6.18 Å². The van der Waals surface area contributed by atoms with Crippen LogP contribution in [0.25, 0.3) is 10.6 Å². The molecule has 2 nitrogen and oxygen atoms in total. The monoisotopic (exact) mass is 291 g/mol. The van der Waals surface area contributed by atoms with Crippen LogP contribution in [-0.2, 0) is 6.18 Å². The lowest BCUT2D eigenvalue weighted by Crippen LogP contribution is -2.08. The zero-order valence-electron chi connectivity index (χ0n) is 8.66. The van der Waals surface area contributed by atoms with Crippen LogP contribution in [0.3, 0.4) is 0 Å². The first-order valence-corrected chi connectivity index (χ1v) is 5.90. The second kappa shape index (κ2) is 4.70. The molecule has 18 heavy (non-hydrogen) atoms. The number of carbonyl (C=O) groups excluding carboxylic acids is 1. The molecule has 0 saturated carbocycles. The number of rotatable bonds is 2. The number of halogens is 4. The van der Waals surface area contributed by atoms with Crippen LogP contribution >= 0.6 is 22.9 Å². The summed E-state index contributed by atoms with van der Waals surface area (Å²) in [6, 6.07) is 6.20. The predicted octanol–water partition coefficient (Wildman–Crippen LogP) is 4.29. The molecule has 1 aromatic carbocycles. The average Bonchev–Trinajstić information content (AvgIpc) is 2.73. The molecule has 94 valence electrons. The summed E-state index contributed by atoms with van der Waals surface area (Å²) in [5, 5.41) is 0.614. The second-order valence-electron chi connectivity index (χ2n) is 3.35. The average molecular weight is 292 g/mol. The van der Waals surface area contributed by atoms with Crippen molar-refractivity contribution in [2.24, 2.45) is 0 Å². The SMILES string of the molecule is O=Cc1sc(-c2ccc(Cl)cc2)nc1C(F)(F)F. The Hall–Kier alpha value is -1.40. The van der Waals surface area contributed by atoms with Crippen LogP contribution in [0.1, 0.15) is 15.4 Å². The van der Waals surface area contributed by atoms with Gasteiger partial charge in [-0.15, -0.1) is 11.3 Å². The Morgan fingerprint density at radius 1 is 1.22 bits per heavy atom. The van der Waals surface area contributed by atoms with Crippen LogP contribution in [0.15, 0.2) is 24.3 Å². The third-order valence-corrected chi connectivity index (χ3v) is 3.40. The summed E-state index contributed by atoms with van der Waals surface area (Å²) in [5.41, 5.74) is -0.657. The molecule has 0 saturated heterocycles. The van der Waals surface area contributed by atoms with E-state index in [0.29, 0.717) is 21.9 Å². The maximum Gasteiger partial charge on any atom is 0.434 e. The Balaban J connectivity index is 2.50. The lowest BCUT2D eigenvalue weighted by atomic mass is 10.2. The minimum absolute atomic E-state index is 0.140. The van der Waals surface area contributed by atoms with E-state index >= 15 is 0 Å². The number of benzene rings is 1. The van der Waals surface area contributed by atoms with Gasteiger partial charge in [-0.25, -0.2) is 4.98 Å². The number of alkyl halides is 3. The van der Waals surface area contributed by atoms with Crippen molar-refractivity contribution < 1.29 is 18.0 Å². The Morgan fingerprint density at radius 3 is 2.28 bits per heavy atom. The minimum Gasteiger partial charge on any atom is -0.297 e. The molecule has 0 N–H and O–H groups in total. The smallest absolute Gasteiger partial charge is 0.297 e. The molecule has 0 bridgehead atoms. The van der Waals surface area contributed by atoms with Crippen LogP contribution in [-0.4, -0.2) is 11.3 Å². The predicted molar refractivity (Wildman–Crippen MR) is 62.9 cm³/mol. The van der Waals surface area contributed by atoms with Gasteiger partial charge in [0.1, 0.15) is 5.01 Å². The number of aldehydes is 1. The van der Waals surface area contributed by atoms with Crippen LogP contribution in [0.2, 0.25) is 5.02 Å². The molecule has 0 aliphatic heterocycles. The molecule has 0 spiro atoms. The van der Waals surface area contributed by atoms with E-state index in [1.54, 1.807) is 24.3 Å². The first-order valence-electron chi connectivity index (χ1n) is 4.71. The topological polar surface area (TPSA) is 30.0 Å². The summed E-state index contributed by atoms with van der Waals surface area (Å²) in [4.78, 5) is 13.7. The number of hydrogen-bond acceptors (Lipinski definition) is 3. The molecule has 7 heteroatoms. The quantitative estimate of drug-likeness (QED) is 0.772. The van der Waals surface area contributed by atoms with Crippen molar-refractivity contribution in [2.75, 3.05) is 0 Å². The van der Waals surface area contributed by atoms with Gasteiger partial charge in [0, 0.05) is 10.6 Å². The highest BCUT2D eigenvalue weighted by Crippen LogP contribution is 2.36. The summed E-state index contributed by atoms with van der Waals surface area (Å²) in [6.45, 7) is 0. The molecule has 2 aromatic rings. The number of hydrogen-bond donors (Lipinski definition) is 0. The van der Waals surface area contributed by atoms with E-state index in [9.17, 15) is 18.0 Å². The normalized spacial score (nSPS) is 11.6. The molecule has 0 atom stereocenters. The largest absolute Gasteiger partial charge is 0.434 e. The summed E-state index contributed by atoms with van der Waals surface area (Å²) in [5.74, 6) is 0. The van der Waals surface area contributed by atoms with E-state index in [1.807, 2.05) is 0 Å². The highest BCUT2D eigenvalue weighted by atomic mass is 35.5. The molecule has 0 aliphatic rings. The second-order valence-corrected chi connectivity index (χ2v) is 4.82. The Kier molecular flexibility index (Phi) is 3.41. The van der Waals surface area contributed by atoms with Gasteiger partial charge in [0.05, 0.1) is 4.88 Å². The zero-order valence-corrected chi connectivity index (χ0v) is 10.2. The van der Waals surface area contributed by atoms with Crippen LogP contribution < -0.4 is 0 Å². The van der Waals surface area contributed by atoms with Gasteiger partial charge in [-0.3, -0.25) is 4.79 Å². The first kappa shape index (κ1) is 13.0. The number of aromatic nitrogens is 1.